The van der Waals surface area contributed by atoms with E-state index in [9.17, 15) is 14.9 Å². The van der Waals surface area contributed by atoms with E-state index in [1.54, 1.807) is 30.3 Å². The standard InChI is InChI=1S/C13H8BrNO4/c14-11-7-6-9(8-12(11)15(17)18)13(16)19-10-4-2-1-3-5-10/h1-8H. The summed E-state index contributed by atoms with van der Waals surface area (Å²) in [5, 5.41) is 10.8. The molecule has 6 heteroatoms. The number of halogens is 1. The van der Waals surface area contributed by atoms with Crippen molar-refractivity contribution in [3.8, 4) is 5.75 Å². The van der Waals surface area contributed by atoms with Crippen LogP contribution in [0.1, 0.15) is 10.4 Å². The van der Waals surface area contributed by atoms with Crippen LogP contribution in [0.4, 0.5) is 5.69 Å². The van der Waals surface area contributed by atoms with Gasteiger partial charge in [0.2, 0.25) is 0 Å². The van der Waals surface area contributed by atoms with E-state index in [0.29, 0.717) is 10.2 Å². The number of ether oxygens (including phenoxy) is 1. The van der Waals surface area contributed by atoms with E-state index in [0.717, 1.165) is 0 Å². The molecule has 0 aliphatic rings. The summed E-state index contributed by atoms with van der Waals surface area (Å²) in [6, 6.07) is 12.6. The SMILES string of the molecule is O=C(Oc1ccccc1)c1ccc(Br)c([N+](=O)[O-])c1. The number of hydrogen-bond donors (Lipinski definition) is 0. The van der Waals surface area contributed by atoms with Gasteiger partial charge < -0.3 is 4.74 Å². The summed E-state index contributed by atoms with van der Waals surface area (Å²) in [6.45, 7) is 0. The number of carbonyl (C=O) groups is 1. The normalized spacial score (nSPS) is 9.95. The molecule has 19 heavy (non-hydrogen) atoms. The van der Waals surface area contributed by atoms with Gasteiger partial charge in [0, 0.05) is 6.07 Å². The fourth-order valence-electron chi connectivity index (χ4n) is 1.43. The molecule has 0 aliphatic heterocycles. The number of hydrogen-bond acceptors (Lipinski definition) is 4. The van der Waals surface area contributed by atoms with Gasteiger partial charge in [0.25, 0.3) is 5.69 Å². The van der Waals surface area contributed by atoms with Crippen LogP contribution < -0.4 is 4.74 Å². The Kier molecular flexibility index (Phi) is 3.91. The lowest BCUT2D eigenvalue weighted by Gasteiger charge is -2.04. The predicted octanol–water partition coefficient (Wildman–Crippen LogP) is 3.58. The Morgan fingerprint density at radius 2 is 1.84 bits per heavy atom. The predicted molar refractivity (Wildman–Crippen MR) is 72.2 cm³/mol. The third kappa shape index (κ3) is 3.17. The molecule has 0 fully saturated rings. The Morgan fingerprint density at radius 1 is 1.16 bits per heavy atom. The molecule has 2 aromatic rings. The average Bonchev–Trinajstić information content (AvgIpc) is 2.40. The zero-order valence-electron chi connectivity index (χ0n) is 9.58. The second-order valence-electron chi connectivity index (χ2n) is 3.63. The van der Waals surface area contributed by atoms with Crippen molar-refractivity contribution in [3.05, 3.63) is 68.7 Å². The van der Waals surface area contributed by atoms with E-state index in [1.165, 1.54) is 18.2 Å². The van der Waals surface area contributed by atoms with Gasteiger partial charge >= 0.3 is 5.97 Å². The van der Waals surface area contributed by atoms with Crippen LogP contribution in [-0.4, -0.2) is 10.9 Å². The highest BCUT2D eigenvalue weighted by Crippen LogP contribution is 2.26. The van der Waals surface area contributed by atoms with E-state index in [4.69, 9.17) is 4.74 Å². The lowest BCUT2D eigenvalue weighted by molar-refractivity contribution is -0.385. The third-order valence-corrected chi connectivity index (χ3v) is 3.00. The minimum atomic E-state index is -0.637. The molecule has 2 aromatic carbocycles. The molecule has 0 saturated heterocycles. The number of rotatable bonds is 3. The van der Waals surface area contributed by atoms with E-state index in [1.807, 2.05) is 0 Å². The Hall–Kier alpha value is -2.21. The highest BCUT2D eigenvalue weighted by Gasteiger charge is 2.17. The summed E-state index contributed by atoms with van der Waals surface area (Å²) in [5.41, 5.74) is -0.0544. The van der Waals surface area contributed by atoms with Crippen molar-refractivity contribution in [1.82, 2.24) is 0 Å². The molecule has 0 amide bonds. The molecule has 0 bridgehead atoms. The van der Waals surface area contributed by atoms with Gasteiger partial charge in [-0.15, -0.1) is 0 Å². The van der Waals surface area contributed by atoms with Crippen molar-refractivity contribution in [2.45, 2.75) is 0 Å². The maximum atomic E-state index is 11.8. The largest absolute Gasteiger partial charge is 0.423 e. The molecule has 0 aliphatic carbocycles. The van der Waals surface area contributed by atoms with E-state index in [2.05, 4.69) is 15.9 Å². The maximum absolute atomic E-state index is 11.8. The van der Waals surface area contributed by atoms with Gasteiger partial charge in [-0.2, -0.15) is 0 Å². The number of benzene rings is 2. The number of carbonyl (C=O) groups excluding carboxylic acids is 1. The van der Waals surface area contributed by atoms with Crippen LogP contribution in [0.2, 0.25) is 0 Å². The number of nitro benzene ring substituents is 1. The fourth-order valence-corrected chi connectivity index (χ4v) is 1.83. The fraction of sp³-hybridized carbons (Fsp3) is 0. The number of para-hydroxylation sites is 1. The smallest absolute Gasteiger partial charge is 0.343 e. The van der Waals surface area contributed by atoms with Crippen molar-refractivity contribution < 1.29 is 14.5 Å². The highest BCUT2D eigenvalue weighted by atomic mass is 79.9. The Bertz CT molecular complexity index is 628. The molecular formula is C13H8BrNO4. The van der Waals surface area contributed by atoms with Gasteiger partial charge in [-0.25, -0.2) is 4.79 Å². The Balaban J connectivity index is 2.25. The van der Waals surface area contributed by atoms with Crippen molar-refractivity contribution >= 4 is 27.6 Å². The summed E-state index contributed by atoms with van der Waals surface area (Å²) in [6.07, 6.45) is 0. The monoisotopic (exact) mass is 321 g/mol. The quantitative estimate of drug-likeness (QED) is 0.375. The number of esters is 1. The molecule has 0 spiro atoms. The molecule has 2 rings (SSSR count). The van der Waals surface area contributed by atoms with Gasteiger partial charge in [0.05, 0.1) is 15.0 Å². The molecule has 5 nitrogen and oxygen atoms in total. The summed E-state index contributed by atoms with van der Waals surface area (Å²) in [7, 11) is 0. The van der Waals surface area contributed by atoms with Gasteiger partial charge in [-0.3, -0.25) is 10.1 Å². The van der Waals surface area contributed by atoms with Crippen LogP contribution in [0.25, 0.3) is 0 Å². The van der Waals surface area contributed by atoms with Crippen LogP contribution in [0, 0.1) is 10.1 Å². The summed E-state index contributed by atoms with van der Waals surface area (Å²) in [4.78, 5) is 22.1. The van der Waals surface area contributed by atoms with Gasteiger partial charge in [0.1, 0.15) is 5.75 Å². The molecule has 0 N–H and O–H groups in total. The van der Waals surface area contributed by atoms with Crippen molar-refractivity contribution in [3.63, 3.8) is 0 Å². The van der Waals surface area contributed by atoms with Crippen LogP contribution >= 0.6 is 15.9 Å². The third-order valence-electron chi connectivity index (χ3n) is 2.33. The molecule has 0 radical (unpaired) electrons. The zero-order valence-corrected chi connectivity index (χ0v) is 11.2. The van der Waals surface area contributed by atoms with E-state index < -0.39 is 10.9 Å². The summed E-state index contributed by atoms with van der Waals surface area (Å²) < 4.78 is 5.41. The van der Waals surface area contributed by atoms with Crippen LogP contribution in [-0.2, 0) is 0 Å². The second kappa shape index (κ2) is 5.62. The average molecular weight is 322 g/mol. The molecule has 96 valence electrons. The molecule has 0 heterocycles. The Labute approximate surface area is 117 Å². The molecule has 0 atom stereocenters. The Morgan fingerprint density at radius 3 is 2.47 bits per heavy atom. The molecule has 0 unspecified atom stereocenters. The first kappa shape index (κ1) is 13.2. The zero-order chi connectivity index (χ0) is 13.8. The maximum Gasteiger partial charge on any atom is 0.343 e. The number of nitro groups is 1. The lowest BCUT2D eigenvalue weighted by Crippen LogP contribution is -2.08. The van der Waals surface area contributed by atoms with Crippen LogP contribution in [0.15, 0.2) is 53.0 Å². The molecule has 0 saturated carbocycles. The minimum Gasteiger partial charge on any atom is -0.423 e. The lowest BCUT2D eigenvalue weighted by atomic mass is 10.2. The molecular weight excluding hydrogens is 314 g/mol. The first-order chi connectivity index (χ1) is 9.08. The minimum absolute atomic E-state index is 0.124. The topological polar surface area (TPSA) is 69.4 Å². The van der Waals surface area contributed by atoms with Crippen LogP contribution in [0.5, 0.6) is 5.75 Å². The van der Waals surface area contributed by atoms with Gasteiger partial charge in [-0.05, 0) is 40.2 Å². The van der Waals surface area contributed by atoms with E-state index in [-0.39, 0.29) is 11.3 Å². The first-order valence-corrected chi connectivity index (χ1v) is 6.08. The first-order valence-electron chi connectivity index (χ1n) is 5.29. The van der Waals surface area contributed by atoms with Crippen molar-refractivity contribution in [1.29, 1.82) is 0 Å². The van der Waals surface area contributed by atoms with Crippen LogP contribution in [0.3, 0.4) is 0 Å². The van der Waals surface area contributed by atoms with Crippen molar-refractivity contribution in [2.75, 3.05) is 0 Å². The van der Waals surface area contributed by atoms with Crippen molar-refractivity contribution in [2.24, 2.45) is 0 Å². The van der Waals surface area contributed by atoms with Gasteiger partial charge in [-0.1, -0.05) is 18.2 Å². The van der Waals surface area contributed by atoms with E-state index >= 15 is 0 Å². The van der Waals surface area contributed by atoms with Gasteiger partial charge in [0.15, 0.2) is 0 Å². The summed E-state index contributed by atoms with van der Waals surface area (Å²) in [5.74, 6) is -0.250. The second-order valence-corrected chi connectivity index (χ2v) is 4.48. The highest BCUT2D eigenvalue weighted by molar-refractivity contribution is 9.10. The summed E-state index contributed by atoms with van der Waals surface area (Å²) >= 11 is 3.05. The molecule has 0 aromatic heterocycles. The number of nitrogens with zero attached hydrogens (tertiary/aromatic N) is 1.